The van der Waals surface area contributed by atoms with Crippen molar-refractivity contribution in [1.29, 1.82) is 0 Å². The van der Waals surface area contributed by atoms with Crippen molar-refractivity contribution in [3.63, 3.8) is 0 Å². The lowest BCUT2D eigenvalue weighted by Gasteiger charge is -2.18. The molecular weight excluding hydrogens is 546 g/mol. The first-order valence-corrected chi connectivity index (χ1v) is 21.2. The second-order valence-corrected chi connectivity index (χ2v) is 14.5. The molecule has 0 aromatic rings. The molecule has 1 amide bonds. The molecule has 0 saturated carbocycles. The third kappa shape index (κ3) is 35.9. The summed E-state index contributed by atoms with van der Waals surface area (Å²) in [6.07, 6.45) is 52.5. The minimum Gasteiger partial charge on any atom is -0.320 e. The van der Waals surface area contributed by atoms with Crippen LogP contribution in [0.15, 0.2) is 12.8 Å². The van der Waals surface area contributed by atoms with Crippen LogP contribution in [-0.4, -0.2) is 17.4 Å². The van der Waals surface area contributed by atoms with E-state index in [1.54, 1.807) is 6.20 Å². The molecular formula is C43H85NO. The summed E-state index contributed by atoms with van der Waals surface area (Å²) in [6.45, 7) is 9.37. The molecule has 0 aromatic carbocycles. The SMILES string of the molecule is C=CN(CCCCCCCCCCCCCCCCCCCC)C(=O)CCCCCCCCCCCCCCCCCCCC. The van der Waals surface area contributed by atoms with Crippen molar-refractivity contribution >= 4 is 5.91 Å². The number of amides is 1. The van der Waals surface area contributed by atoms with Crippen molar-refractivity contribution in [1.82, 2.24) is 4.90 Å². The van der Waals surface area contributed by atoms with Crippen LogP contribution >= 0.6 is 0 Å². The van der Waals surface area contributed by atoms with Gasteiger partial charge in [0.05, 0.1) is 0 Å². The van der Waals surface area contributed by atoms with Gasteiger partial charge in [-0.05, 0) is 19.0 Å². The van der Waals surface area contributed by atoms with E-state index in [0.717, 1.165) is 19.4 Å². The van der Waals surface area contributed by atoms with Crippen LogP contribution in [0.1, 0.15) is 251 Å². The molecule has 2 nitrogen and oxygen atoms in total. The first-order chi connectivity index (χ1) is 22.3. The van der Waals surface area contributed by atoms with Crippen molar-refractivity contribution in [2.24, 2.45) is 0 Å². The van der Waals surface area contributed by atoms with Crippen molar-refractivity contribution < 1.29 is 4.79 Å². The summed E-state index contributed by atoms with van der Waals surface area (Å²) in [6, 6.07) is 0. The molecule has 0 aliphatic rings. The Morgan fingerprint density at radius 1 is 0.378 bits per heavy atom. The van der Waals surface area contributed by atoms with Gasteiger partial charge in [-0.15, -0.1) is 0 Å². The molecule has 0 rings (SSSR count). The van der Waals surface area contributed by atoms with Crippen molar-refractivity contribution in [3.05, 3.63) is 12.8 Å². The third-order valence-electron chi connectivity index (χ3n) is 10.0. The Kier molecular flexibility index (Phi) is 38.7. The molecule has 0 heterocycles. The molecule has 0 atom stereocenters. The van der Waals surface area contributed by atoms with E-state index in [2.05, 4.69) is 20.4 Å². The monoisotopic (exact) mass is 632 g/mol. The average Bonchev–Trinajstić information content (AvgIpc) is 3.05. The maximum absolute atomic E-state index is 12.6. The lowest BCUT2D eigenvalue weighted by atomic mass is 10.0. The molecule has 0 fully saturated rings. The quantitative estimate of drug-likeness (QED) is 0.0618. The largest absolute Gasteiger partial charge is 0.320 e. The number of nitrogens with zero attached hydrogens (tertiary/aromatic N) is 1. The molecule has 0 bridgehead atoms. The highest BCUT2D eigenvalue weighted by Gasteiger charge is 2.09. The Bertz CT molecular complexity index is 572. The van der Waals surface area contributed by atoms with E-state index >= 15 is 0 Å². The normalized spacial score (nSPS) is 11.3. The number of hydrogen-bond donors (Lipinski definition) is 0. The van der Waals surface area contributed by atoms with Crippen molar-refractivity contribution in [2.45, 2.75) is 251 Å². The summed E-state index contributed by atoms with van der Waals surface area (Å²) in [7, 11) is 0. The predicted octanol–water partition coefficient (Wildman–Crippen LogP) is 15.4. The van der Waals surface area contributed by atoms with Crippen molar-refractivity contribution in [3.8, 4) is 0 Å². The summed E-state index contributed by atoms with van der Waals surface area (Å²) >= 11 is 0. The van der Waals surface area contributed by atoms with Crippen LogP contribution in [-0.2, 0) is 4.79 Å². The predicted molar refractivity (Wildman–Crippen MR) is 204 cm³/mol. The van der Waals surface area contributed by atoms with Gasteiger partial charge >= 0.3 is 0 Å². The van der Waals surface area contributed by atoms with Gasteiger partial charge < -0.3 is 4.90 Å². The van der Waals surface area contributed by atoms with E-state index in [1.807, 2.05) is 4.90 Å². The summed E-state index contributed by atoms with van der Waals surface area (Å²) in [5.74, 6) is 0.286. The van der Waals surface area contributed by atoms with Crippen LogP contribution in [0.4, 0.5) is 0 Å². The van der Waals surface area contributed by atoms with Gasteiger partial charge in [0.15, 0.2) is 0 Å². The smallest absolute Gasteiger partial charge is 0.226 e. The summed E-state index contributed by atoms with van der Waals surface area (Å²) < 4.78 is 0. The number of unbranched alkanes of at least 4 members (excludes halogenated alkanes) is 34. The fraction of sp³-hybridized carbons (Fsp3) is 0.930. The number of rotatable bonds is 39. The fourth-order valence-electron chi connectivity index (χ4n) is 6.82. The molecule has 45 heavy (non-hydrogen) atoms. The third-order valence-corrected chi connectivity index (χ3v) is 10.0. The van der Waals surface area contributed by atoms with Gasteiger partial charge in [0.1, 0.15) is 0 Å². The maximum Gasteiger partial charge on any atom is 0.226 e. The molecule has 0 radical (unpaired) electrons. The molecule has 0 unspecified atom stereocenters. The van der Waals surface area contributed by atoms with Gasteiger partial charge in [0.25, 0.3) is 0 Å². The first kappa shape index (κ1) is 44.2. The fourth-order valence-corrected chi connectivity index (χ4v) is 6.82. The highest BCUT2D eigenvalue weighted by atomic mass is 16.2. The second-order valence-electron chi connectivity index (χ2n) is 14.5. The van der Waals surface area contributed by atoms with E-state index in [9.17, 15) is 4.79 Å². The highest BCUT2D eigenvalue weighted by Crippen LogP contribution is 2.17. The Hall–Kier alpha value is -0.790. The van der Waals surface area contributed by atoms with Crippen LogP contribution in [0.2, 0.25) is 0 Å². The van der Waals surface area contributed by atoms with Crippen LogP contribution < -0.4 is 0 Å². The van der Waals surface area contributed by atoms with E-state index in [1.165, 1.54) is 218 Å². The second kappa shape index (κ2) is 39.4. The van der Waals surface area contributed by atoms with E-state index in [4.69, 9.17) is 0 Å². The number of carbonyl (C=O) groups excluding carboxylic acids is 1. The minimum atomic E-state index is 0.286. The zero-order valence-electron chi connectivity index (χ0n) is 31.5. The van der Waals surface area contributed by atoms with Gasteiger partial charge in [0.2, 0.25) is 5.91 Å². The Morgan fingerprint density at radius 3 is 0.844 bits per heavy atom. The number of hydrogen-bond acceptors (Lipinski definition) is 1. The molecule has 0 aliphatic carbocycles. The van der Waals surface area contributed by atoms with Crippen LogP contribution in [0.3, 0.4) is 0 Å². The molecule has 268 valence electrons. The summed E-state index contributed by atoms with van der Waals surface area (Å²) in [5.41, 5.74) is 0. The van der Waals surface area contributed by atoms with Gasteiger partial charge in [0, 0.05) is 13.0 Å². The lowest BCUT2D eigenvalue weighted by Crippen LogP contribution is -2.26. The maximum atomic E-state index is 12.6. The Morgan fingerprint density at radius 2 is 0.600 bits per heavy atom. The van der Waals surface area contributed by atoms with Gasteiger partial charge in [-0.2, -0.15) is 0 Å². The Labute approximate surface area is 285 Å². The highest BCUT2D eigenvalue weighted by molar-refractivity contribution is 5.77. The minimum absolute atomic E-state index is 0.286. The topological polar surface area (TPSA) is 20.3 Å². The zero-order chi connectivity index (χ0) is 32.7. The van der Waals surface area contributed by atoms with Crippen molar-refractivity contribution in [2.75, 3.05) is 6.54 Å². The molecule has 0 saturated heterocycles. The molecule has 0 aromatic heterocycles. The zero-order valence-corrected chi connectivity index (χ0v) is 31.5. The standard InChI is InChI=1S/C43H85NO/c1-4-7-9-11-13-15-17-19-21-23-25-27-29-31-33-35-37-39-41-43(45)44(6-3)42-40-38-36-34-32-30-28-26-24-22-20-18-16-14-12-10-8-5-2/h6H,3-5,7-42H2,1-2H3. The number of carbonyl (C=O) groups is 1. The van der Waals surface area contributed by atoms with Gasteiger partial charge in [-0.3, -0.25) is 4.79 Å². The van der Waals surface area contributed by atoms with E-state index in [0.29, 0.717) is 6.42 Å². The average molecular weight is 632 g/mol. The first-order valence-electron chi connectivity index (χ1n) is 21.2. The van der Waals surface area contributed by atoms with Crippen LogP contribution in [0.25, 0.3) is 0 Å². The lowest BCUT2D eigenvalue weighted by molar-refractivity contribution is -0.128. The van der Waals surface area contributed by atoms with Crippen LogP contribution in [0, 0.1) is 0 Å². The summed E-state index contributed by atoms with van der Waals surface area (Å²) in [4.78, 5) is 14.5. The molecule has 0 spiro atoms. The Balaban J connectivity index is 3.37. The van der Waals surface area contributed by atoms with E-state index < -0.39 is 0 Å². The van der Waals surface area contributed by atoms with Crippen LogP contribution in [0.5, 0.6) is 0 Å². The van der Waals surface area contributed by atoms with Gasteiger partial charge in [-0.25, -0.2) is 0 Å². The molecule has 0 aliphatic heterocycles. The molecule has 2 heteroatoms. The van der Waals surface area contributed by atoms with E-state index in [-0.39, 0.29) is 5.91 Å². The molecule has 0 N–H and O–H groups in total. The summed E-state index contributed by atoms with van der Waals surface area (Å²) in [5, 5.41) is 0. The van der Waals surface area contributed by atoms with Gasteiger partial charge in [-0.1, -0.05) is 239 Å².